The molecule has 1 aliphatic rings. The summed E-state index contributed by atoms with van der Waals surface area (Å²) in [7, 11) is 0. The quantitative estimate of drug-likeness (QED) is 0.175. The van der Waals surface area contributed by atoms with Gasteiger partial charge in [-0.15, -0.1) is 0 Å². The fourth-order valence-corrected chi connectivity index (χ4v) is 4.61. The van der Waals surface area contributed by atoms with Crippen LogP contribution in [0.5, 0.6) is 0 Å². The first kappa shape index (κ1) is 25.2. The summed E-state index contributed by atoms with van der Waals surface area (Å²) in [4.78, 5) is 33.8. The number of halogens is 2. The number of aryl methyl sites for hydroxylation is 2. The number of esters is 2. The van der Waals surface area contributed by atoms with Gasteiger partial charge < -0.3 is 18.8 Å². The van der Waals surface area contributed by atoms with Crippen molar-refractivity contribution in [3.05, 3.63) is 93.5 Å². The van der Waals surface area contributed by atoms with Crippen molar-refractivity contribution in [2.24, 2.45) is 0 Å². The largest absolute Gasteiger partial charge is 0.459 e. The van der Waals surface area contributed by atoms with Crippen LogP contribution in [0, 0.1) is 13.8 Å². The van der Waals surface area contributed by atoms with Gasteiger partial charge in [-0.1, -0.05) is 47.0 Å². The highest BCUT2D eigenvalue weighted by atomic mass is 35.5. The Bertz CT molecular complexity index is 1450. The first-order valence-electron chi connectivity index (χ1n) is 11.6. The normalized spacial score (nSPS) is 19.2. The Balaban J connectivity index is 1.37. The SMILES string of the molecule is Cc1ccc(C(=O)OC[C@@H]2O[C@@H](n3ccc4c(Cl)nc(Cl)nc43)C[C@@H]2OC(=O)c2ccc(C)cc2)cc1. The van der Waals surface area contributed by atoms with Crippen LogP contribution >= 0.6 is 23.2 Å². The molecule has 190 valence electrons. The van der Waals surface area contributed by atoms with E-state index in [4.69, 9.17) is 37.4 Å². The van der Waals surface area contributed by atoms with Crippen LogP contribution in [0.1, 0.15) is 44.5 Å². The van der Waals surface area contributed by atoms with Gasteiger partial charge in [0, 0.05) is 12.6 Å². The van der Waals surface area contributed by atoms with Crippen LogP contribution < -0.4 is 0 Å². The Kier molecular flexibility index (Phi) is 7.15. The van der Waals surface area contributed by atoms with E-state index in [0.717, 1.165) is 11.1 Å². The molecule has 10 heteroatoms. The van der Waals surface area contributed by atoms with Crippen molar-refractivity contribution in [2.75, 3.05) is 6.61 Å². The van der Waals surface area contributed by atoms with Crippen molar-refractivity contribution in [1.29, 1.82) is 0 Å². The Hall–Kier alpha value is -3.46. The third-order valence-corrected chi connectivity index (χ3v) is 6.66. The topological polar surface area (TPSA) is 92.5 Å². The molecule has 37 heavy (non-hydrogen) atoms. The fraction of sp³-hybridized carbons (Fsp3) is 0.259. The molecule has 3 atom stereocenters. The van der Waals surface area contributed by atoms with Gasteiger partial charge in [0.15, 0.2) is 0 Å². The van der Waals surface area contributed by atoms with E-state index >= 15 is 0 Å². The number of nitrogens with zero attached hydrogens (tertiary/aromatic N) is 3. The van der Waals surface area contributed by atoms with Crippen molar-refractivity contribution in [3.8, 4) is 0 Å². The minimum Gasteiger partial charge on any atom is -0.459 e. The minimum atomic E-state index is -0.709. The van der Waals surface area contributed by atoms with Gasteiger partial charge in [0.05, 0.1) is 16.5 Å². The predicted molar refractivity (Wildman–Crippen MR) is 138 cm³/mol. The first-order valence-corrected chi connectivity index (χ1v) is 12.4. The lowest BCUT2D eigenvalue weighted by atomic mass is 10.1. The zero-order valence-electron chi connectivity index (χ0n) is 20.1. The predicted octanol–water partition coefficient (Wildman–Crippen LogP) is 5.73. The van der Waals surface area contributed by atoms with Gasteiger partial charge in [0.2, 0.25) is 5.28 Å². The molecule has 5 rings (SSSR count). The van der Waals surface area contributed by atoms with Gasteiger partial charge in [-0.3, -0.25) is 0 Å². The number of ether oxygens (including phenoxy) is 3. The van der Waals surface area contributed by atoms with E-state index in [1.807, 2.05) is 38.1 Å². The summed E-state index contributed by atoms with van der Waals surface area (Å²) < 4.78 is 19.4. The molecule has 0 N–H and O–H groups in total. The molecule has 8 nitrogen and oxygen atoms in total. The van der Waals surface area contributed by atoms with E-state index < -0.39 is 30.4 Å². The number of hydrogen-bond donors (Lipinski definition) is 0. The number of benzene rings is 2. The minimum absolute atomic E-state index is 0.00127. The van der Waals surface area contributed by atoms with Gasteiger partial charge >= 0.3 is 11.9 Å². The van der Waals surface area contributed by atoms with Crippen LogP contribution in [0.4, 0.5) is 0 Å². The molecular weight excluding hydrogens is 517 g/mol. The van der Waals surface area contributed by atoms with Crippen LogP contribution in [-0.4, -0.2) is 45.3 Å². The summed E-state index contributed by atoms with van der Waals surface area (Å²) in [6.45, 7) is 3.77. The Morgan fingerprint density at radius 3 is 2.22 bits per heavy atom. The maximum atomic E-state index is 12.9. The monoisotopic (exact) mass is 539 g/mol. The first-order chi connectivity index (χ1) is 17.8. The summed E-state index contributed by atoms with van der Waals surface area (Å²) >= 11 is 12.3. The molecule has 2 aromatic carbocycles. The van der Waals surface area contributed by atoms with Gasteiger partial charge in [-0.05, 0) is 55.8 Å². The van der Waals surface area contributed by atoms with Crippen molar-refractivity contribution in [3.63, 3.8) is 0 Å². The maximum Gasteiger partial charge on any atom is 0.338 e. The van der Waals surface area contributed by atoms with Gasteiger partial charge in [0.1, 0.15) is 35.8 Å². The van der Waals surface area contributed by atoms with E-state index in [-0.39, 0.29) is 17.0 Å². The molecule has 0 spiro atoms. The van der Waals surface area contributed by atoms with Crippen molar-refractivity contribution in [2.45, 2.75) is 38.7 Å². The number of aromatic nitrogens is 3. The van der Waals surface area contributed by atoms with E-state index in [2.05, 4.69) is 9.97 Å². The number of fused-ring (bicyclic) bond motifs is 1. The molecular formula is C27H23Cl2N3O5. The lowest BCUT2D eigenvalue weighted by Crippen LogP contribution is -2.32. The average molecular weight is 540 g/mol. The zero-order chi connectivity index (χ0) is 26.1. The molecule has 1 fully saturated rings. The molecule has 4 aromatic rings. The smallest absolute Gasteiger partial charge is 0.338 e. The van der Waals surface area contributed by atoms with Crippen LogP contribution in [0.25, 0.3) is 11.0 Å². The number of hydrogen-bond acceptors (Lipinski definition) is 7. The second kappa shape index (κ2) is 10.5. The van der Waals surface area contributed by atoms with Crippen molar-refractivity contribution >= 4 is 46.2 Å². The van der Waals surface area contributed by atoms with Gasteiger partial charge in [-0.2, -0.15) is 4.98 Å². The molecule has 3 heterocycles. The van der Waals surface area contributed by atoms with Gasteiger partial charge in [-0.25, -0.2) is 14.6 Å². The Labute approximate surface area is 223 Å². The zero-order valence-corrected chi connectivity index (χ0v) is 21.6. The van der Waals surface area contributed by atoms with Crippen LogP contribution in [-0.2, 0) is 14.2 Å². The highest BCUT2D eigenvalue weighted by Gasteiger charge is 2.40. The summed E-state index contributed by atoms with van der Waals surface area (Å²) in [5, 5.41) is 0.830. The molecule has 0 aliphatic carbocycles. The lowest BCUT2D eigenvalue weighted by Gasteiger charge is -2.19. The summed E-state index contributed by atoms with van der Waals surface area (Å²) in [5.41, 5.74) is 3.38. The standard InChI is InChI=1S/C27H23Cl2N3O5/c1-15-3-7-17(8-4-15)25(33)35-14-21-20(37-26(34)18-9-5-16(2)6-10-18)13-22(36-21)32-12-11-19-23(28)30-27(29)31-24(19)32/h3-12,20-22H,13-14H2,1-2H3/t20-,21-,22+/m0/s1. The summed E-state index contributed by atoms with van der Waals surface area (Å²) in [6.07, 6.45) is 0.0892. The molecule has 0 unspecified atom stereocenters. The Morgan fingerprint density at radius 2 is 1.57 bits per heavy atom. The number of rotatable bonds is 6. The highest BCUT2D eigenvalue weighted by molar-refractivity contribution is 6.35. The molecule has 0 bridgehead atoms. The van der Waals surface area contributed by atoms with Gasteiger partial charge in [0.25, 0.3) is 0 Å². The summed E-state index contributed by atoms with van der Waals surface area (Å²) in [6, 6.07) is 15.9. The van der Waals surface area contributed by atoms with Crippen LogP contribution in [0.15, 0.2) is 60.8 Å². The fourth-order valence-electron chi connectivity index (χ4n) is 4.18. The maximum absolute atomic E-state index is 12.9. The molecule has 0 saturated carbocycles. The summed E-state index contributed by atoms with van der Waals surface area (Å²) in [5.74, 6) is -0.983. The molecule has 2 aromatic heterocycles. The molecule has 0 radical (unpaired) electrons. The number of carbonyl (C=O) groups is 2. The van der Waals surface area contributed by atoms with Crippen LogP contribution in [0.2, 0.25) is 10.4 Å². The second-order valence-corrected chi connectivity index (χ2v) is 9.58. The molecule has 0 amide bonds. The second-order valence-electron chi connectivity index (χ2n) is 8.88. The van der Waals surface area contributed by atoms with E-state index in [9.17, 15) is 9.59 Å². The number of carbonyl (C=O) groups excluding carboxylic acids is 2. The van der Waals surface area contributed by atoms with E-state index in [1.54, 1.807) is 41.1 Å². The Morgan fingerprint density at radius 1 is 0.946 bits per heavy atom. The van der Waals surface area contributed by atoms with Crippen LogP contribution in [0.3, 0.4) is 0 Å². The lowest BCUT2D eigenvalue weighted by molar-refractivity contribution is -0.0562. The van der Waals surface area contributed by atoms with Crippen molar-refractivity contribution in [1.82, 2.24) is 14.5 Å². The van der Waals surface area contributed by atoms with E-state index in [0.29, 0.717) is 28.6 Å². The molecule has 1 saturated heterocycles. The van der Waals surface area contributed by atoms with E-state index in [1.165, 1.54) is 0 Å². The molecule has 1 aliphatic heterocycles. The highest BCUT2D eigenvalue weighted by Crippen LogP contribution is 2.35. The third kappa shape index (κ3) is 5.46. The average Bonchev–Trinajstić information content (AvgIpc) is 3.47. The third-order valence-electron chi connectivity index (χ3n) is 6.20. The van der Waals surface area contributed by atoms with Crippen molar-refractivity contribution < 1.29 is 23.8 Å².